The molecule has 0 amide bonds. The molecule has 0 aromatic rings. The molecule has 0 spiro atoms. The molecule has 0 unspecified atom stereocenters. The molecule has 0 aliphatic heterocycles. The highest BCUT2D eigenvalue weighted by Gasteiger charge is 1.83. The standard InChI is InChI=1S/C6H13N/c1-5(2)6(3)4-7/h4,7H2,1-3H3. The normalized spacial score (nSPS) is 8.57. The second kappa shape index (κ2) is 2.80. The van der Waals surface area contributed by atoms with Crippen LogP contribution >= 0.6 is 0 Å². The van der Waals surface area contributed by atoms with Crippen molar-refractivity contribution in [3.8, 4) is 0 Å². The van der Waals surface area contributed by atoms with E-state index in [0.29, 0.717) is 6.54 Å². The third-order valence-electron chi connectivity index (χ3n) is 1.16. The van der Waals surface area contributed by atoms with Crippen molar-refractivity contribution in [3.05, 3.63) is 11.1 Å². The molecule has 0 fully saturated rings. The molecule has 0 saturated heterocycles. The fraction of sp³-hybridized carbons (Fsp3) is 0.667. The van der Waals surface area contributed by atoms with E-state index in [9.17, 15) is 0 Å². The Labute approximate surface area is 45.2 Å². The lowest BCUT2D eigenvalue weighted by Gasteiger charge is -1.94. The van der Waals surface area contributed by atoms with Gasteiger partial charge < -0.3 is 5.73 Å². The Morgan fingerprint density at radius 2 is 1.71 bits per heavy atom. The summed E-state index contributed by atoms with van der Waals surface area (Å²) < 4.78 is 0. The summed E-state index contributed by atoms with van der Waals surface area (Å²) in [5, 5.41) is 0. The summed E-state index contributed by atoms with van der Waals surface area (Å²) in [6, 6.07) is 0. The van der Waals surface area contributed by atoms with Crippen LogP contribution in [0.1, 0.15) is 20.8 Å². The number of nitrogens with two attached hydrogens (primary N) is 1. The quantitative estimate of drug-likeness (QED) is 0.493. The van der Waals surface area contributed by atoms with E-state index in [4.69, 9.17) is 5.73 Å². The van der Waals surface area contributed by atoms with Gasteiger partial charge in [-0.2, -0.15) is 0 Å². The summed E-state index contributed by atoms with van der Waals surface area (Å²) in [6.07, 6.45) is 0. The maximum atomic E-state index is 5.32. The van der Waals surface area contributed by atoms with Crippen molar-refractivity contribution in [2.24, 2.45) is 5.73 Å². The van der Waals surface area contributed by atoms with Crippen LogP contribution in [0.3, 0.4) is 0 Å². The molecule has 7 heavy (non-hydrogen) atoms. The number of allylic oxidation sites excluding steroid dienone is 1. The summed E-state index contributed by atoms with van der Waals surface area (Å²) in [6.45, 7) is 6.89. The third-order valence-corrected chi connectivity index (χ3v) is 1.16. The number of hydrogen-bond donors (Lipinski definition) is 1. The van der Waals surface area contributed by atoms with Crippen molar-refractivity contribution in [2.45, 2.75) is 20.8 Å². The molecule has 1 heteroatoms. The lowest BCUT2D eigenvalue weighted by molar-refractivity contribution is 1.09. The highest BCUT2D eigenvalue weighted by Crippen LogP contribution is 1.96. The molecule has 42 valence electrons. The van der Waals surface area contributed by atoms with Gasteiger partial charge in [0.25, 0.3) is 0 Å². The molecule has 0 saturated carbocycles. The molecule has 0 bridgehead atoms. The Morgan fingerprint density at radius 1 is 1.29 bits per heavy atom. The van der Waals surface area contributed by atoms with E-state index in [0.717, 1.165) is 0 Å². The van der Waals surface area contributed by atoms with Gasteiger partial charge in [-0.15, -0.1) is 0 Å². The minimum absolute atomic E-state index is 0.697. The molecule has 0 rings (SSSR count). The predicted molar refractivity (Wildman–Crippen MR) is 33.1 cm³/mol. The second-order valence-electron chi connectivity index (χ2n) is 1.98. The monoisotopic (exact) mass is 99.1 g/mol. The summed E-state index contributed by atoms with van der Waals surface area (Å²) >= 11 is 0. The van der Waals surface area contributed by atoms with Crippen LogP contribution in [0.5, 0.6) is 0 Å². The molecule has 0 radical (unpaired) electrons. The Kier molecular flexibility index (Phi) is 2.68. The zero-order valence-electron chi connectivity index (χ0n) is 5.28. The zero-order chi connectivity index (χ0) is 5.86. The molecular weight excluding hydrogens is 86.1 g/mol. The Morgan fingerprint density at radius 3 is 1.71 bits per heavy atom. The molecule has 0 atom stereocenters. The maximum absolute atomic E-state index is 5.32. The van der Waals surface area contributed by atoms with Gasteiger partial charge in [0.2, 0.25) is 0 Å². The fourth-order valence-corrected chi connectivity index (χ4v) is 0.204. The van der Waals surface area contributed by atoms with E-state index in [-0.39, 0.29) is 0 Å². The molecule has 0 aromatic carbocycles. The topological polar surface area (TPSA) is 26.0 Å². The first-order chi connectivity index (χ1) is 3.18. The minimum Gasteiger partial charge on any atom is -0.327 e. The van der Waals surface area contributed by atoms with Gasteiger partial charge in [-0.1, -0.05) is 11.1 Å². The summed E-state index contributed by atoms with van der Waals surface area (Å²) in [4.78, 5) is 0. The van der Waals surface area contributed by atoms with Crippen LogP contribution in [-0.4, -0.2) is 6.54 Å². The van der Waals surface area contributed by atoms with Gasteiger partial charge in [-0.05, 0) is 20.8 Å². The molecule has 2 N–H and O–H groups in total. The van der Waals surface area contributed by atoms with E-state index in [1.165, 1.54) is 11.1 Å². The van der Waals surface area contributed by atoms with Gasteiger partial charge in [0.05, 0.1) is 0 Å². The van der Waals surface area contributed by atoms with Crippen molar-refractivity contribution in [1.29, 1.82) is 0 Å². The molecule has 0 heterocycles. The first-order valence-electron chi connectivity index (χ1n) is 2.51. The second-order valence-corrected chi connectivity index (χ2v) is 1.98. The van der Waals surface area contributed by atoms with E-state index in [2.05, 4.69) is 20.8 Å². The Bertz CT molecular complexity index is 78.2. The summed E-state index contributed by atoms with van der Waals surface area (Å²) in [5.41, 5.74) is 7.94. The SMILES string of the molecule is CC(C)=C(C)CN. The van der Waals surface area contributed by atoms with Crippen LogP contribution in [0.2, 0.25) is 0 Å². The van der Waals surface area contributed by atoms with Crippen LogP contribution in [0.4, 0.5) is 0 Å². The first-order valence-corrected chi connectivity index (χ1v) is 2.51. The molecular formula is C6H13N. The number of hydrogen-bond acceptors (Lipinski definition) is 1. The van der Waals surface area contributed by atoms with Gasteiger partial charge in [0.15, 0.2) is 0 Å². The lowest BCUT2D eigenvalue weighted by atomic mass is 10.2. The fourth-order valence-electron chi connectivity index (χ4n) is 0.204. The Hall–Kier alpha value is -0.300. The van der Waals surface area contributed by atoms with E-state index in [1.807, 2.05) is 0 Å². The van der Waals surface area contributed by atoms with E-state index < -0.39 is 0 Å². The largest absolute Gasteiger partial charge is 0.327 e. The highest BCUT2D eigenvalue weighted by atomic mass is 14.5. The van der Waals surface area contributed by atoms with Gasteiger partial charge in [-0.25, -0.2) is 0 Å². The molecule has 0 aliphatic rings. The molecule has 1 nitrogen and oxygen atoms in total. The molecule has 0 aromatic heterocycles. The summed E-state index contributed by atoms with van der Waals surface area (Å²) in [7, 11) is 0. The van der Waals surface area contributed by atoms with E-state index >= 15 is 0 Å². The smallest absolute Gasteiger partial charge is 0.0136 e. The predicted octanol–water partition coefficient (Wildman–Crippen LogP) is 1.30. The van der Waals surface area contributed by atoms with Crippen molar-refractivity contribution in [2.75, 3.05) is 6.54 Å². The number of rotatable bonds is 1. The van der Waals surface area contributed by atoms with Crippen molar-refractivity contribution in [3.63, 3.8) is 0 Å². The van der Waals surface area contributed by atoms with Gasteiger partial charge in [0.1, 0.15) is 0 Å². The van der Waals surface area contributed by atoms with Crippen molar-refractivity contribution >= 4 is 0 Å². The maximum Gasteiger partial charge on any atom is 0.0136 e. The average Bonchev–Trinajstić information content (AvgIpc) is 1.65. The molecule has 0 aliphatic carbocycles. The van der Waals surface area contributed by atoms with E-state index in [1.54, 1.807) is 0 Å². The van der Waals surface area contributed by atoms with Crippen molar-refractivity contribution in [1.82, 2.24) is 0 Å². The average molecular weight is 99.2 g/mol. The van der Waals surface area contributed by atoms with Gasteiger partial charge in [-0.3, -0.25) is 0 Å². The third kappa shape index (κ3) is 2.40. The first kappa shape index (κ1) is 6.70. The lowest BCUT2D eigenvalue weighted by Crippen LogP contribution is -2.00. The highest BCUT2D eigenvalue weighted by molar-refractivity contribution is 5.07. The van der Waals surface area contributed by atoms with Crippen molar-refractivity contribution < 1.29 is 0 Å². The van der Waals surface area contributed by atoms with Gasteiger partial charge >= 0.3 is 0 Å². The van der Waals surface area contributed by atoms with Crippen LogP contribution in [0.25, 0.3) is 0 Å². The van der Waals surface area contributed by atoms with Crippen LogP contribution in [0, 0.1) is 0 Å². The Balaban J connectivity index is 3.72. The minimum atomic E-state index is 0.697. The van der Waals surface area contributed by atoms with Crippen LogP contribution in [-0.2, 0) is 0 Å². The van der Waals surface area contributed by atoms with Crippen LogP contribution < -0.4 is 5.73 Å². The zero-order valence-corrected chi connectivity index (χ0v) is 5.28. The van der Waals surface area contributed by atoms with Gasteiger partial charge in [0, 0.05) is 6.54 Å². The summed E-state index contributed by atoms with van der Waals surface area (Å²) in [5.74, 6) is 0. The van der Waals surface area contributed by atoms with Crippen LogP contribution in [0.15, 0.2) is 11.1 Å².